The molecule has 0 saturated carbocycles. The zero-order chi connectivity index (χ0) is 18.8. The van der Waals surface area contributed by atoms with E-state index in [1.165, 1.54) is 11.3 Å². The van der Waals surface area contributed by atoms with Crippen molar-refractivity contribution < 1.29 is 8.42 Å². The van der Waals surface area contributed by atoms with E-state index in [1.807, 2.05) is 12.1 Å². The Labute approximate surface area is 168 Å². The minimum atomic E-state index is -2.53. The van der Waals surface area contributed by atoms with Crippen LogP contribution in [0.5, 0.6) is 0 Å². The first-order valence-electron chi connectivity index (χ1n) is 8.71. The highest BCUT2D eigenvalue weighted by atomic mass is 35.5. The summed E-state index contributed by atoms with van der Waals surface area (Å²) in [6.07, 6.45) is 3.57. The average molecular weight is 423 g/mol. The van der Waals surface area contributed by atoms with E-state index in [-0.39, 0.29) is 0 Å². The number of aromatic nitrogens is 2. The van der Waals surface area contributed by atoms with E-state index in [4.69, 9.17) is 11.6 Å². The van der Waals surface area contributed by atoms with Crippen LogP contribution in [0.15, 0.2) is 41.6 Å². The average Bonchev–Trinajstić information content (AvgIpc) is 3.05. The summed E-state index contributed by atoms with van der Waals surface area (Å²) in [5.41, 5.74) is 1.03. The number of benzene rings is 1. The molecule has 0 aliphatic carbocycles. The molecule has 142 valence electrons. The van der Waals surface area contributed by atoms with Crippen LogP contribution in [0.1, 0.15) is 18.4 Å². The van der Waals surface area contributed by atoms with Crippen LogP contribution in [0, 0.1) is 0 Å². The Balaban J connectivity index is 1.37. The molecular weight excluding hydrogens is 404 g/mol. The van der Waals surface area contributed by atoms with Crippen LogP contribution >= 0.6 is 22.9 Å². The fraction of sp³-hybridized carbons (Fsp3) is 0.333. The Morgan fingerprint density at radius 1 is 1.22 bits per heavy atom. The van der Waals surface area contributed by atoms with Gasteiger partial charge in [-0.05, 0) is 36.6 Å². The highest BCUT2D eigenvalue weighted by molar-refractivity contribution is 7.72. The van der Waals surface area contributed by atoms with Crippen LogP contribution in [0.25, 0.3) is 10.2 Å². The summed E-state index contributed by atoms with van der Waals surface area (Å²) < 4.78 is 23.0. The van der Waals surface area contributed by atoms with E-state index in [0.717, 1.165) is 54.1 Å². The molecule has 4 rings (SSSR count). The van der Waals surface area contributed by atoms with Gasteiger partial charge in [0.05, 0.1) is 14.6 Å². The standard InChI is InChI=1S/C18H19ClN4O2S2/c19-16-9-15-17(20-11-21-18(15)26-16)22-13-4-6-23(7-5-13)10-12-2-1-3-14(8-12)27(24)25/h1-3,8-9,11,13,27H,4-7,10H2,(H,20,21,22). The molecule has 1 aromatic carbocycles. The zero-order valence-corrected chi connectivity index (χ0v) is 16.9. The summed E-state index contributed by atoms with van der Waals surface area (Å²) in [5.74, 6) is 0.841. The van der Waals surface area contributed by atoms with Crippen molar-refractivity contribution in [2.24, 2.45) is 0 Å². The largest absolute Gasteiger partial charge is 0.367 e. The Kier molecular flexibility index (Phi) is 5.58. The minimum absolute atomic E-state index is 0.348. The molecule has 1 saturated heterocycles. The molecule has 0 amide bonds. The molecule has 1 N–H and O–H groups in total. The molecule has 6 nitrogen and oxygen atoms in total. The predicted octanol–water partition coefficient (Wildman–Crippen LogP) is 3.39. The van der Waals surface area contributed by atoms with E-state index in [0.29, 0.717) is 15.3 Å². The maximum absolute atomic E-state index is 11.2. The van der Waals surface area contributed by atoms with Gasteiger partial charge in [0.25, 0.3) is 0 Å². The molecule has 9 heteroatoms. The zero-order valence-electron chi connectivity index (χ0n) is 14.5. The normalized spacial score (nSPS) is 16.2. The third-order valence-corrected chi connectivity index (χ3v) is 6.63. The second-order valence-electron chi connectivity index (χ2n) is 6.61. The number of fused-ring (bicyclic) bond motifs is 1. The summed E-state index contributed by atoms with van der Waals surface area (Å²) in [4.78, 5) is 12.3. The molecule has 2 aromatic heterocycles. The summed E-state index contributed by atoms with van der Waals surface area (Å²) in [6.45, 7) is 2.66. The molecule has 0 bridgehead atoms. The molecule has 27 heavy (non-hydrogen) atoms. The van der Waals surface area contributed by atoms with Gasteiger partial charge < -0.3 is 5.32 Å². The number of thiophene rings is 1. The van der Waals surface area contributed by atoms with Crippen molar-refractivity contribution in [3.63, 3.8) is 0 Å². The second kappa shape index (κ2) is 8.10. The number of nitrogens with one attached hydrogen (secondary N) is 1. The summed E-state index contributed by atoms with van der Waals surface area (Å²) in [7, 11) is -2.53. The van der Waals surface area contributed by atoms with Gasteiger partial charge in [-0.25, -0.2) is 18.4 Å². The number of halogens is 1. The molecule has 0 radical (unpaired) electrons. The molecule has 1 aliphatic heterocycles. The van der Waals surface area contributed by atoms with Crippen LogP contribution in [-0.4, -0.2) is 42.4 Å². The molecule has 3 heterocycles. The van der Waals surface area contributed by atoms with Crippen molar-refractivity contribution in [2.45, 2.75) is 30.3 Å². The van der Waals surface area contributed by atoms with Gasteiger partial charge in [0.1, 0.15) is 17.0 Å². The van der Waals surface area contributed by atoms with Crippen LogP contribution in [-0.2, 0) is 17.2 Å². The fourth-order valence-corrected chi connectivity index (χ4v) is 4.93. The van der Waals surface area contributed by atoms with Gasteiger partial charge in [-0.2, -0.15) is 0 Å². The van der Waals surface area contributed by atoms with Crippen molar-refractivity contribution >= 4 is 49.7 Å². The summed E-state index contributed by atoms with van der Waals surface area (Å²) >= 11 is 7.56. The van der Waals surface area contributed by atoms with Crippen LogP contribution in [0.4, 0.5) is 5.82 Å². The van der Waals surface area contributed by atoms with E-state index >= 15 is 0 Å². The Hall–Kier alpha value is -1.74. The lowest BCUT2D eigenvalue weighted by atomic mass is 10.0. The van der Waals surface area contributed by atoms with Crippen LogP contribution in [0.3, 0.4) is 0 Å². The SMILES string of the molecule is O=[SH](=O)c1cccc(CN2CCC(Nc3ncnc4sc(Cl)cc34)CC2)c1. The number of rotatable bonds is 5. The molecule has 0 unspecified atom stereocenters. The summed E-state index contributed by atoms with van der Waals surface area (Å²) in [5, 5.41) is 4.51. The van der Waals surface area contributed by atoms with E-state index < -0.39 is 10.7 Å². The van der Waals surface area contributed by atoms with Crippen LogP contribution in [0.2, 0.25) is 4.34 Å². The smallest absolute Gasteiger partial charge is 0.168 e. The third-order valence-electron chi connectivity index (χ3n) is 4.76. The number of anilines is 1. The predicted molar refractivity (Wildman–Crippen MR) is 109 cm³/mol. The molecule has 1 fully saturated rings. The molecule has 0 atom stereocenters. The van der Waals surface area contributed by atoms with Crippen molar-refractivity contribution in [1.29, 1.82) is 0 Å². The maximum Gasteiger partial charge on any atom is 0.168 e. The van der Waals surface area contributed by atoms with Crippen molar-refractivity contribution in [3.8, 4) is 0 Å². The summed E-state index contributed by atoms with van der Waals surface area (Å²) in [6, 6.07) is 9.42. The van der Waals surface area contributed by atoms with Crippen molar-refractivity contribution in [3.05, 3.63) is 46.6 Å². The van der Waals surface area contributed by atoms with Gasteiger partial charge in [0.15, 0.2) is 10.7 Å². The van der Waals surface area contributed by atoms with E-state index in [1.54, 1.807) is 24.5 Å². The number of thiol groups is 1. The minimum Gasteiger partial charge on any atom is -0.367 e. The first-order valence-corrected chi connectivity index (χ1v) is 11.1. The van der Waals surface area contributed by atoms with Gasteiger partial charge >= 0.3 is 0 Å². The highest BCUT2D eigenvalue weighted by Gasteiger charge is 2.20. The van der Waals surface area contributed by atoms with Crippen molar-refractivity contribution in [1.82, 2.24) is 14.9 Å². The molecule has 3 aromatic rings. The Bertz CT molecular complexity index is 1020. The number of likely N-dealkylation sites (tertiary alicyclic amines) is 1. The van der Waals surface area contributed by atoms with E-state index in [2.05, 4.69) is 20.2 Å². The lowest BCUT2D eigenvalue weighted by molar-refractivity contribution is 0.211. The van der Waals surface area contributed by atoms with Gasteiger partial charge in [0.2, 0.25) is 0 Å². The topological polar surface area (TPSA) is 75.2 Å². The number of nitrogens with zero attached hydrogens (tertiary/aromatic N) is 3. The third kappa shape index (κ3) is 4.40. The quantitative estimate of drug-likeness (QED) is 0.614. The van der Waals surface area contributed by atoms with Crippen LogP contribution < -0.4 is 5.32 Å². The lowest BCUT2D eigenvalue weighted by Gasteiger charge is -2.32. The van der Waals surface area contributed by atoms with Crippen molar-refractivity contribution in [2.75, 3.05) is 18.4 Å². The highest BCUT2D eigenvalue weighted by Crippen LogP contribution is 2.32. The lowest BCUT2D eigenvalue weighted by Crippen LogP contribution is -2.38. The number of piperidine rings is 1. The number of hydrogen-bond acceptors (Lipinski definition) is 7. The van der Waals surface area contributed by atoms with Gasteiger partial charge in [-0.1, -0.05) is 23.7 Å². The Morgan fingerprint density at radius 3 is 2.81 bits per heavy atom. The monoisotopic (exact) mass is 422 g/mol. The molecule has 0 spiro atoms. The first kappa shape index (κ1) is 18.6. The maximum atomic E-state index is 11.2. The fourth-order valence-electron chi connectivity index (χ4n) is 3.40. The van der Waals surface area contributed by atoms with Gasteiger partial charge in [-0.15, -0.1) is 11.3 Å². The van der Waals surface area contributed by atoms with E-state index in [9.17, 15) is 8.42 Å². The Morgan fingerprint density at radius 2 is 2.04 bits per heavy atom. The molecular formula is C18H19ClN4O2S2. The first-order chi connectivity index (χ1) is 13.1. The van der Waals surface area contributed by atoms with Gasteiger partial charge in [-0.3, -0.25) is 4.90 Å². The molecule has 1 aliphatic rings. The van der Waals surface area contributed by atoms with Gasteiger partial charge in [0, 0.05) is 25.7 Å². The number of hydrogen-bond donors (Lipinski definition) is 2. The second-order valence-corrected chi connectivity index (χ2v) is 9.31.